The Balaban J connectivity index is 1.89. The summed E-state index contributed by atoms with van der Waals surface area (Å²) in [5, 5.41) is 8.98. The van der Waals surface area contributed by atoms with Gasteiger partial charge >= 0.3 is 16.2 Å². The standard InChI is InChI=1S/C16H19FN2O6S/c1-2-25-14-8-11(16(21)22)13(17)7-12(14)15(20)18-26(23,24)19-9-3-4-10(19)6-5-9/h7-10H,2-6H2,1H3,(H,18,20)(H,21,22). The molecular weight excluding hydrogens is 367 g/mol. The minimum Gasteiger partial charge on any atom is -0.493 e. The van der Waals surface area contributed by atoms with Gasteiger partial charge in [-0.1, -0.05) is 0 Å². The number of ether oxygens (including phenoxy) is 1. The van der Waals surface area contributed by atoms with Crippen molar-refractivity contribution in [1.29, 1.82) is 0 Å². The highest BCUT2D eigenvalue weighted by atomic mass is 32.2. The Morgan fingerprint density at radius 3 is 2.31 bits per heavy atom. The summed E-state index contributed by atoms with van der Waals surface area (Å²) in [5.74, 6) is -3.92. The largest absolute Gasteiger partial charge is 0.493 e. The molecule has 0 aromatic heterocycles. The number of nitrogens with one attached hydrogen (secondary N) is 1. The second-order valence-electron chi connectivity index (χ2n) is 6.29. The van der Waals surface area contributed by atoms with E-state index < -0.39 is 33.5 Å². The number of halogens is 1. The third-order valence-electron chi connectivity index (χ3n) is 4.73. The summed E-state index contributed by atoms with van der Waals surface area (Å²) in [4.78, 5) is 23.5. The minimum absolute atomic E-state index is 0.0913. The minimum atomic E-state index is -4.07. The number of amides is 1. The number of hydrogen-bond acceptors (Lipinski definition) is 5. The predicted octanol–water partition coefficient (Wildman–Crippen LogP) is 1.52. The number of rotatable bonds is 6. The average Bonchev–Trinajstić information content (AvgIpc) is 3.16. The van der Waals surface area contributed by atoms with Crippen molar-refractivity contribution in [3.8, 4) is 5.75 Å². The van der Waals surface area contributed by atoms with Crippen LogP contribution in [0, 0.1) is 5.82 Å². The van der Waals surface area contributed by atoms with Gasteiger partial charge in [0.2, 0.25) is 0 Å². The molecule has 1 aromatic carbocycles. The Labute approximate surface area is 150 Å². The van der Waals surface area contributed by atoms with Gasteiger partial charge in [-0.3, -0.25) is 4.79 Å². The zero-order valence-electron chi connectivity index (χ0n) is 14.1. The average molecular weight is 386 g/mol. The number of nitrogens with zero attached hydrogens (tertiary/aromatic N) is 1. The van der Waals surface area contributed by atoms with Gasteiger partial charge in [0.15, 0.2) is 0 Å². The first-order chi connectivity index (χ1) is 12.2. The van der Waals surface area contributed by atoms with Crippen LogP contribution in [0.4, 0.5) is 4.39 Å². The lowest BCUT2D eigenvalue weighted by molar-refractivity contribution is 0.0690. The van der Waals surface area contributed by atoms with Crippen molar-refractivity contribution in [2.45, 2.75) is 44.7 Å². The second kappa shape index (κ2) is 6.84. The smallest absolute Gasteiger partial charge is 0.338 e. The molecule has 1 amide bonds. The fourth-order valence-corrected chi connectivity index (χ4v) is 5.31. The van der Waals surface area contributed by atoms with Crippen LogP contribution >= 0.6 is 0 Å². The van der Waals surface area contributed by atoms with Gasteiger partial charge in [0.1, 0.15) is 11.6 Å². The molecule has 2 fully saturated rings. The van der Waals surface area contributed by atoms with E-state index in [1.807, 2.05) is 4.72 Å². The maximum atomic E-state index is 14.0. The number of fused-ring (bicyclic) bond motifs is 2. The Morgan fingerprint density at radius 1 is 1.23 bits per heavy atom. The number of carboxylic acids is 1. The number of carboxylic acid groups (broad SMARTS) is 1. The molecule has 1 aromatic rings. The van der Waals surface area contributed by atoms with Gasteiger partial charge < -0.3 is 9.84 Å². The molecule has 3 rings (SSSR count). The zero-order chi connectivity index (χ0) is 19.1. The van der Waals surface area contributed by atoms with Gasteiger partial charge in [-0.15, -0.1) is 0 Å². The van der Waals surface area contributed by atoms with Gasteiger partial charge in [0, 0.05) is 12.1 Å². The molecule has 2 aliphatic heterocycles. The van der Waals surface area contributed by atoms with E-state index in [1.54, 1.807) is 6.92 Å². The molecule has 2 aliphatic rings. The van der Waals surface area contributed by atoms with E-state index in [-0.39, 0.29) is 30.0 Å². The topological polar surface area (TPSA) is 113 Å². The monoisotopic (exact) mass is 386 g/mol. The number of carbonyl (C=O) groups is 2. The molecule has 2 N–H and O–H groups in total. The Kier molecular flexibility index (Phi) is 4.89. The zero-order valence-corrected chi connectivity index (χ0v) is 14.9. The van der Waals surface area contributed by atoms with Crippen molar-refractivity contribution in [2.75, 3.05) is 6.61 Å². The van der Waals surface area contributed by atoms with Crippen LogP contribution in [0.15, 0.2) is 12.1 Å². The highest BCUT2D eigenvalue weighted by molar-refractivity contribution is 7.87. The van der Waals surface area contributed by atoms with Crippen molar-refractivity contribution in [2.24, 2.45) is 0 Å². The first kappa shape index (κ1) is 18.6. The first-order valence-corrected chi connectivity index (χ1v) is 9.73. The van der Waals surface area contributed by atoms with E-state index in [0.717, 1.165) is 31.7 Å². The lowest BCUT2D eigenvalue weighted by atomic mass is 10.0. The summed E-state index contributed by atoms with van der Waals surface area (Å²) in [6.07, 6.45) is 3.02. The molecule has 0 radical (unpaired) electrons. The van der Waals surface area contributed by atoms with Crippen molar-refractivity contribution >= 4 is 22.1 Å². The van der Waals surface area contributed by atoms with E-state index in [9.17, 15) is 22.4 Å². The van der Waals surface area contributed by atoms with Crippen LogP contribution in [-0.2, 0) is 10.2 Å². The summed E-state index contributed by atoms with van der Waals surface area (Å²) >= 11 is 0. The lowest BCUT2D eigenvalue weighted by Crippen LogP contribution is -2.45. The molecule has 0 atom stereocenters. The van der Waals surface area contributed by atoms with Gasteiger partial charge in [-0.05, 0) is 44.7 Å². The van der Waals surface area contributed by atoms with E-state index >= 15 is 0 Å². The molecule has 0 spiro atoms. The molecule has 2 saturated heterocycles. The Hall–Kier alpha value is -2.20. The summed E-state index contributed by atoms with van der Waals surface area (Å²) < 4.78 is 47.6. The highest BCUT2D eigenvalue weighted by Crippen LogP contribution is 2.39. The Morgan fingerprint density at radius 2 is 1.81 bits per heavy atom. The lowest BCUT2D eigenvalue weighted by Gasteiger charge is -2.22. The molecule has 0 saturated carbocycles. The van der Waals surface area contributed by atoms with Crippen LogP contribution < -0.4 is 9.46 Å². The first-order valence-electron chi connectivity index (χ1n) is 8.29. The summed E-state index contributed by atoms with van der Waals surface area (Å²) in [5.41, 5.74) is -1.03. The third kappa shape index (κ3) is 3.26. The van der Waals surface area contributed by atoms with Gasteiger partial charge in [-0.2, -0.15) is 12.7 Å². The molecule has 8 nitrogen and oxygen atoms in total. The van der Waals surface area contributed by atoms with Gasteiger partial charge in [0.25, 0.3) is 5.91 Å². The van der Waals surface area contributed by atoms with Crippen LogP contribution in [-0.4, -0.2) is 48.4 Å². The number of aromatic carboxylic acids is 1. The van der Waals surface area contributed by atoms with Crippen LogP contribution in [0.3, 0.4) is 0 Å². The van der Waals surface area contributed by atoms with E-state index in [1.165, 1.54) is 4.31 Å². The van der Waals surface area contributed by atoms with Crippen molar-refractivity contribution in [1.82, 2.24) is 9.03 Å². The fourth-order valence-electron chi connectivity index (χ4n) is 3.65. The van der Waals surface area contributed by atoms with E-state index in [4.69, 9.17) is 9.84 Å². The maximum Gasteiger partial charge on any atom is 0.338 e. The van der Waals surface area contributed by atoms with Gasteiger partial charge in [-0.25, -0.2) is 13.9 Å². The van der Waals surface area contributed by atoms with Crippen LogP contribution in [0.2, 0.25) is 0 Å². The number of hydrogen-bond donors (Lipinski definition) is 2. The molecule has 26 heavy (non-hydrogen) atoms. The maximum absolute atomic E-state index is 14.0. The fraction of sp³-hybridized carbons (Fsp3) is 0.500. The van der Waals surface area contributed by atoms with E-state index in [0.29, 0.717) is 6.07 Å². The summed E-state index contributed by atoms with van der Waals surface area (Å²) in [7, 11) is -4.07. The SMILES string of the molecule is CCOc1cc(C(=O)O)c(F)cc1C(=O)NS(=O)(=O)N1C2CCC1CC2. The van der Waals surface area contributed by atoms with Crippen molar-refractivity contribution < 1.29 is 32.2 Å². The normalized spacial score (nSPS) is 22.4. The van der Waals surface area contributed by atoms with E-state index in [2.05, 4.69) is 0 Å². The van der Waals surface area contributed by atoms with Crippen LogP contribution in [0.1, 0.15) is 53.3 Å². The number of carbonyl (C=O) groups excluding carboxylic acids is 1. The van der Waals surface area contributed by atoms with Crippen molar-refractivity contribution in [3.63, 3.8) is 0 Å². The molecule has 142 valence electrons. The molecule has 2 heterocycles. The van der Waals surface area contributed by atoms with Gasteiger partial charge in [0.05, 0.1) is 17.7 Å². The summed E-state index contributed by atoms with van der Waals surface area (Å²) in [6.45, 7) is 1.69. The molecule has 0 unspecified atom stereocenters. The second-order valence-corrected chi connectivity index (χ2v) is 7.87. The highest BCUT2D eigenvalue weighted by Gasteiger charge is 2.46. The predicted molar refractivity (Wildman–Crippen MR) is 88.8 cm³/mol. The summed E-state index contributed by atoms with van der Waals surface area (Å²) in [6, 6.07) is 1.31. The van der Waals surface area contributed by atoms with Crippen LogP contribution in [0.25, 0.3) is 0 Å². The molecule has 0 aliphatic carbocycles. The van der Waals surface area contributed by atoms with Crippen LogP contribution in [0.5, 0.6) is 5.75 Å². The molecular formula is C16H19FN2O6S. The quantitative estimate of drug-likeness (QED) is 0.767. The molecule has 10 heteroatoms. The number of benzene rings is 1. The third-order valence-corrected chi connectivity index (χ3v) is 6.32. The molecule has 2 bridgehead atoms. The van der Waals surface area contributed by atoms with Crippen molar-refractivity contribution in [3.05, 3.63) is 29.1 Å². The Bertz CT molecular complexity index is 837.